The highest BCUT2D eigenvalue weighted by Crippen LogP contribution is 2.12. The molecule has 0 aromatic heterocycles. The number of phenolic OH excluding ortho intramolecular Hbond substituents is 1. The Labute approximate surface area is 388 Å². The quantitative estimate of drug-likeness (QED) is 0.0230. The van der Waals surface area contributed by atoms with Gasteiger partial charge in [-0.25, -0.2) is 16.3 Å². The van der Waals surface area contributed by atoms with E-state index in [9.17, 15) is 83.1 Å². The molecule has 29 nitrogen and oxygen atoms in total. The van der Waals surface area contributed by atoms with Gasteiger partial charge in [0.1, 0.15) is 54.3 Å². The van der Waals surface area contributed by atoms with E-state index < -0.39 is 152 Å². The van der Waals surface area contributed by atoms with Crippen LogP contribution in [0.25, 0.3) is 0 Å². The van der Waals surface area contributed by atoms with Gasteiger partial charge in [-0.15, -0.1) is 0 Å². The number of carboxylic acids is 2. The van der Waals surface area contributed by atoms with Gasteiger partial charge >= 0.3 is 11.9 Å². The number of phenols is 1. The molecule has 3 unspecified atom stereocenters. The fourth-order valence-electron chi connectivity index (χ4n) is 5.67. The standard InChI is InChI=1S/C39H60N12O17/c1-4-30(57)42-14-26(50-48-24(10-19-5-7-21(55)8-6-19)35(64)44-22(33(41)62)9-18(2)3)39(68)51-49-25(13-32(60)61)36(65)45-23(12-31(58)59)34(63)46-28(17-54)38(67)47-27(16-53)37(66)43-20(15-52)11-29(40)56/h5-8,15,18,20,22-28,48-50,53-55H,4,9-14,16-17H2,1-3H3,(H2,40,56)(H2,41,62)(H,42,57)(H,43,66)(H,44,64)(H,45,65)(H,46,63)(H,47,67)(H,51,68)(H,58,59)(H,60,61)/t20-,22-,23?,24-,25-,26?,27?,28-/m0/s1. The summed E-state index contributed by atoms with van der Waals surface area (Å²) in [5, 5.41) is 61.3. The van der Waals surface area contributed by atoms with E-state index in [1.807, 2.05) is 21.3 Å². The predicted octanol–water partition coefficient (Wildman–Crippen LogP) is -7.75. The number of carbonyl (C=O) groups excluding carboxylic acids is 10. The predicted molar refractivity (Wildman–Crippen MR) is 231 cm³/mol. The minimum atomic E-state index is -2.11. The van der Waals surface area contributed by atoms with Crippen molar-refractivity contribution < 1.29 is 83.1 Å². The van der Waals surface area contributed by atoms with Gasteiger partial charge in [-0.3, -0.25) is 58.2 Å². The summed E-state index contributed by atoms with van der Waals surface area (Å²) in [6.07, 6.45) is -2.78. The number of aliphatic hydroxyl groups is 2. The Kier molecular flexibility index (Phi) is 25.9. The molecule has 378 valence electrons. The fraction of sp³-hybridized carbons (Fsp3) is 0.538. The molecule has 8 atom stereocenters. The van der Waals surface area contributed by atoms with Crippen LogP contribution in [-0.2, 0) is 64.0 Å². The fourth-order valence-corrected chi connectivity index (χ4v) is 5.67. The summed E-state index contributed by atoms with van der Waals surface area (Å²) in [5.74, 6) is -13.1. The van der Waals surface area contributed by atoms with Crippen LogP contribution >= 0.6 is 0 Å². The van der Waals surface area contributed by atoms with Crippen LogP contribution in [0.4, 0.5) is 0 Å². The number of primary amides is 2. The molecule has 0 spiro atoms. The number of hydrazine groups is 2. The average Bonchev–Trinajstić information content (AvgIpc) is 3.26. The number of aliphatic carboxylic acids is 2. The summed E-state index contributed by atoms with van der Waals surface area (Å²) in [7, 11) is 0. The third-order valence-electron chi connectivity index (χ3n) is 9.25. The van der Waals surface area contributed by atoms with Crippen molar-refractivity contribution >= 4 is 71.4 Å². The number of benzene rings is 1. The van der Waals surface area contributed by atoms with E-state index in [0.29, 0.717) is 5.56 Å². The van der Waals surface area contributed by atoms with Crippen LogP contribution in [0.15, 0.2) is 24.3 Å². The number of aliphatic hydroxyl groups excluding tert-OH is 2. The first-order chi connectivity index (χ1) is 31.9. The monoisotopic (exact) mass is 968 g/mol. The molecule has 68 heavy (non-hydrogen) atoms. The first-order valence-electron chi connectivity index (χ1n) is 20.8. The Morgan fingerprint density at radius 3 is 1.56 bits per heavy atom. The molecule has 29 heteroatoms. The highest BCUT2D eigenvalue weighted by atomic mass is 16.4. The van der Waals surface area contributed by atoms with Crippen molar-refractivity contribution in [1.29, 1.82) is 0 Å². The molecule has 0 aliphatic carbocycles. The van der Waals surface area contributed by atoms with Crippen LogP contribution in [0.3, 0.4) is 0 Å². The average molecular weight is 969 g/mol. The van der Waals surface area contributed by atoms with E-state index in [1.165, 1.54) is 31.2 Å². The lowest BCUT2D eigenvalue weighted by Gasteiger charge is -2.27. The number of carboxylic acid groups (broad SMARTS) is 2. The number of aromatic hydroxyl groups is 1. The van der Waals surface area contributed by atoms with E-state index in [1.54, 1.807) is 13.8 Å². The van der Waals surface area contributed by atoms with Crippen molar-refractivity contribution in [3.05, 3.63) is 29.8 Å². The topological polar surface area (TPSA) is 478 Å². The van der Waals surface area contributed by atoms with E-state index in [0.717, 1.165) is 0 Å². The highest BCUT2D eigenvalue weighted by molar-refractivity contribution is 5.97. The van der Waals surface area contributed by atoms with Crippen LogP contribution in [0, 0.1) is 5.92 Å². The number of nitrogens with one attached hydrogen (secondary N) is 10. The maximum absolute atomic E-state index is 13.6. The maximum Gasteiger partial charge on any atom is 0.305 e. The van der Waals surface area contributed by atoms with Crippen molar-refractivity contribution in [2.24, 2.45) is 17.4 Å². The number of aldehydes is 1. The molecule has 0 saturated carbocycles. The van der Waals surface area contributed by atoms with Gasteiger partial charge < -0.3 is 73.7 Å². The Morgan fingerprint density at radius 2 is 1.07 bits per heavy atom. The minimum Gasteiger partial charge on any atom is -0.508 e. The largest absolute Gasteiger partial charge is 0.508 e. The van der Waals surface area contributed by atoms with E-state index in [2.05, 4.69) is 32.3 Å². The van der Waals surface area contributed by atoms with Gasteiger partial charge in [0, 0.05) is 13.0 Å². The third kappa shape index (κ3) is 22.2. The van der Waals surface area contributed by atoms with Crippen molar-refractivity contribution in [1.82, 2.24) is 53.6 Å². The van der Waals surface area contributed by atoms with Crippen LogP contribution in [0.1, 0.15) is 58.4 Å². The van der Waals surface area contributed by atoms with Gasteiger partial charge in [0.15, 0.2) is 0 Å². The first kappa shape index (κ1) is 58.7. The number of amides is 9. The second kappa shape index (κ2) is 30.0. The lowest BCUT2D eigenvalue weighted by molar-refractivity contribution is -0.143. The van der Waals surface area contributed by atoms with E-state index in [-0.39, 0.29) is 37.2 Å². The van der Waals surface area contributed by atoms with Crippen molar-refractivity contribution in [2.45, 2.75) is 108 Å². The van der Waals surface area contributed by atoms with Crippen LogP contribution < -0.4 is 65.1 Å². The van der Waals surface area contributed by atoms with E-state index >= 15 is 0 Å². The number of nitrogens with two attached hydrogens (primary N) is 2. The normalized spacial score (nSPS) is 14.4. The van der Waals surface area contributed by atoms with E-state index in [4.69, 9.17) is 11.5 Å². The molecule has 19 N–H and O–H groups in total. The Hall–Kier alpha value is -7.34. The second-order valence-electron chi connectivity index (χ2n) is 15.4. The minimum absolute atomic E-state index is 0.0329. The van der Waals surface area contributed by atoms with Crippen molar-refractivity contribution in [2.75, 3.05) is 19.8 Å². The molecule has 0 heterocycles. The zero-order chi connectivity index (χ0) is 51.7. The van der Waals surface area contributed by atoms with Gasteiger partial charge in [-0.05, 0) is 36.5 Å². The Balaban J connectivity index is 3.31. The SMILES string of the molecule is CCC(=O)NCC(NN[C@@H](Cc1ccc(O)cc1)C(=O)N[C@@H](CC(C)C)C(N)=O)C(=O)NN[C@@H](CC(=O)O)C(=O)NC(CC(=O)O)C(=O)N[C@@H](CO)C(=O)NC(CO)C(=O)N[C@H](C=O)CC(N)=O. The number of rotatable bonds is 33. The zero-order valence-corrected chi connectivity index (χ0v) is 37.2. The molecule has 0 aliphatic heterocycles. The van der Waals surface area contributed by atoms with Crippen molar-refractivity contribution in [3.8, 4) is 5.75 Å². The third-order valence-corrected chi connectivity index (χ3v) is 9.25. The summed E-state index contributed by atoms with van der Waals surface area (Å²) in [5.41, 5.74) is 20.5. The van der Waals surface area contributed by atoms with Gasteiger partial charge in [0.2, 0.25) is 47.3 Å². The summed E-state index contributed by atoms with van der Waals surface area (Å²) in [6, 6.07) is -7.57. The number of carbonyl (C=O) groups is 12. The Bertz CT molecular complexity index is 1950. The molecule has 0 bridgehead atoms. The highest BCUT2D eigenvalue weighted by Gasteiger charge is 2.34. The molecule has 0 saturated heterocycles. The lowest BCUT2D eigenvalue weighted by atomic mass is 10.0. The number of hydrogen-bond donors (Lipinski definition) is 17. The molecule has 0 fully saturated rings. The zero-order valence-electron chi connectivity index (χ0n) is 37.2. The Morgan fingerprint density at radius 1 is 0.603 bits per heavy atom. The van der Waals surface area contributed by atoms with Gasteiger partial charge in [0.25, 0.3) is 5.91 Å². The summed E-state index contributed by atoms with van der Waals surface area (Å²) in [6.45, 7) is 2.28. The molecular weight excluding hydrogens is 908 g/mol. The number of hydrogen-bond acceptors (Lipinski definition) is 18. The van der Waals surface area contributed by atoms with Crippen LogP contribution in [-0.4, -0.2) is 165 Å². The van der Waals surface area contributed by atoms with Gasteiger partial charge in [0.05, 0.1) is 38.5 Å². The molecular formula is C39H60N12O17. The summed E-state index contributed by atoms with van der Waals surface area (Å²) < 4.78 is 0. The summed E-state index contributed by atoms with van der Waals surface area (Å²) >= 11 is 0. The summed E-state index contributed by atoms with van der Waals surface area (Å²) in [4.78, 5) is 150. The van der Waals surface area contributed by atoms with Gasteiger partial charge in [-0.2, -0.15) is 0 Å². The second-order valence-corrected chi connectivity index (χ2v) is 15.4. The molecule has 9 amide bonds. The van der Waals surface area contributed by atoms with Crippen molar-refractivity contribution in [3.63, 3.8) is 0 Å². The first-order valence-corrected chi connectivity index (χ1v) is 20.8. The van der Waals surface area contributed by atoms with Crippen LogP contribution in [0.5, 0.6) is 5.75 Å². The lowest BCUT2D eigenvalue weighted by Crippen LogP contribution is -2.64. The molecule has 0 radical (unpaired) electrons. The molecule has 1 aromatic carbocycles. The maximum atomic E-state index is 13.6. The molecule has 1 aromatic rings. The van der Waals surface area contributed by atoms with Gasteiger partial charge in [-0.1, -0.05) is 32.9 Å². The molecule has 0 aliphatic rings. The smallest absolute Gasteiger partial charge is 0.305 e. The van der Waals surface area contributed by atoms with Crippen LogP contribution in [0.2, 0.25) is 0 Å². The molecule has 1 rings (SSSR count).